The molecule has 2 rings (SSSR count). The molecule has 0 atom stereocenters. The van der Waals surface area contributed by atoms with Crippen molar-refractivity contribution in [2.75, 3.05) is 5.32 Å². The number of halogens is 2. The summed E-state index contributed by atoms with van der Waals surface area (Å²) in [6.45, 7) is 0. The van der Waals surface area contributed by atoms with Gasteiger partial charge in [-0.15, -0.1) is 0 Å². The molecule has 6 heteroatoms. The Bertz CT molecular complexity index is 369. The second kappa shape index (κ2) is 5.29. The van der Waals surface area contributed by atoms with Crippen LogP contribution in [0.5, 0.6) is 0 Å². The smallest absolute Gasteiger partial charge is 0.224 e. The van der Waals surface area contributed by atoms with Gasteiger partial charge in [0.2, 0.25) is 5.28 Å². The van der Waals surface area contributed by atoms with E-state index in [0.717, 1.165) is 36.0 Å². The van der Waals surface area contributed by atoms with Crippen LogP contribution < -0.4 is 5.32 Å². The third-order valence-electron chi connectivity index (χ3n) is 2.75. The fourth-order valence-electron chi connectivity index (χ4n) is 1.86. The van der Waals surface area contributed by atoms with Crippen molar-refractivity contribution in [3.63, 3.8) is 0 Å². The number of nitrogens with zero attached hydrogens (tertiary/aromatic N) is 2. The number of hydrogen-bond donors (Lipinski definition) is 2. The lowest BCUT2D eigenvalue weighted by Gasteiger charge is -2.26. The Labute approximate surface area is 108 Å². The summed E-state index contributed by atoms with van der Waals surface area (Å²) >= 11 is 9.11. The normalized spacial score (nSPS) is 25.4. The van der Waals surface area contributed by atoms with Gasteiger partial charge in [0.25, 0.3) is 0 Å². The van der Waals surface area contributed by atoms with Crippen molar-refractivity contribution >= 4 is 33.3 Å². The number of aliphatic hydroxyl groups excluding tert-OH is 1. The van der Waals surface area contributed by atoms with Crippen molar-refractivity contribution in [1.82, 2.24) is 9.97 Å². The first-order valence-corrected chi connectivity index (χ1v) is 6.45. The maximum absolute atomic E-state index is 9.41. The molecule has 88 valence electrons. The molecule has 0 amide bonds. The highest BCUT2D eigenvalue weighted by Gasteiger charge is 2.20. The Morgan fingerprint density at radius 3 is 2.75 bits per heavy atom. The van der Waals surface area contributed by atoms with E-state index in [1.54, 1.807) is 6.20 Å². The molecule has 0 spiro atoms. The molecular weight excluding hydrogens is 293 g/mol. The van der Waals surface area contributed by atoms with Gasteiger partial charge in [-0.2, -0.15) is 4.98 Å². The minimum Gasteiger partial charge on any atom is -0.393 e. The molecule has 1 heterocycles. The maximum Gasteiger partial charge on any atom is 0.224 e. The molecule has 1 fully saturated rings. The molecule has 0 radical (unpaired) electrons. The maximum atomic E-state index is 9.41. The van der Waals surface area contributed by atoms with E-state index in [9.17, 15) is 5.11 Å². The highest BCUT2D eigenvalue weighted by atomic mass is 79.9. The van der Waals surface area contributed by atoms with Gasteiger partial charge in [0.1, 0.15) is 5.82 Å². The Hall–Kier alpha value is -0.390. The van der Waals surface area contributed by atoms with Gasteiger partial charge in [0.15, 0.2) is 0 Å². The molecule has 0 bridgehead atoms. The predicted octanol–water partition coefficient (Wildman–Crippen LogP) is 2.61. The molecule has 0 saturated heterocycles. The average Bonchev–Trinajstić information content (AvgIpc) is 2.27. The molecule has 1 aliphatic rings. The minimum absolute atomic E-state index is 0.143. The largest absolute Gasteiger partial charge is 0.393 e. The fraction of sp³-hybridized carbons (Fsp3) is 0.600. The third kappa shape index (κ3) is 3.06. The van der Waals surface area contributed by atoms with Gasteiger partial charge in [-0.05, 0) is 53.2 Å². The van der Waals surface area contributed by atoms with Crippen LogP contribution in [0.15, 0.2) is 10.7 Å². The third-order valence-corrected chi connectivity index (χ3v) is 3.51. The predicted molar refractivity (Wildman–Crippen MR) is 66.6 cm³/mol. The molecule has 1 aliphatic carbocycles. The Morgan fingerprint density at radius 1 is 1.38 bits per heavy atom. The first-order valence-electron chi connectivity index (χ1n) is 5.28. The zero-order valence-corrected chi connectivity index (χ0v) is 11.0. The molecule has 1 aromatic rings. The molecule has 0 aromatic carbocycles. The van der Waals surface area contributed by atoms with Crippen LogP contribution in [0.3, 0.4) is 0 Å². The number of anilines is 1. The monoisotopic (exact) mass is 305 g/mol. The number of aromatic nitrogens is 2. The van der Waals surface area contributed by atoms with Crippen LogP contribution in [0.25, 0.3) is 0 Å². The summed E-state index contributed by atoms with van der Waals surface area (Å²) in [5.41, 5.74) is 0. The molecule has 1 aromatic heterocycles. The van der Waals surface area contributed by atoms with Crippen LogP contribution >= 0.6 is 27.5 Å². The van der Waals surface area contributed by atoms with E-state index >= 15 is 0 Å². The second-order valence-corrected chi connectivity index (χ2v) is 5.18. The fourth-order valence-corrected chi connectivity index (χ4v) is 2.30. The van der Waals surface area contributed by atoms with E-state index in [-0.39, 0.29) is 11.4 Å². The van der Waals surface area contributed by atoms with E-state index in [4.69, 9.17) is 11.6 Å². The SMILES string of the molecule is OC1CCC(Nc2nc(Cl)ncc2Br)CC1. The van der Waals surface area contributed by atoms with Crippen molar-refractivity contribution in [2.24, 2.45) is 0 Å². The van der Waals surface area contributed by atoms with Gasteiger partial charge in [0.05, 0.1) is 10.6 Å². The Morgan fingerprint density at radius 2 is 2.06 bits per heavy atom. The summed E-state index contributed by atoms with van der Waals surface area (Å²) in [7, 11) is 0. The van der Waals surface area contributed by atoms with E-state index in [1.807, 2.05) is 0 Å². The van der Waals surface area contributed by atoms with Gasteiger partial charge in [-0.3, -0.25) is 0 Å². The van der Waals surface area contributed by atoms with Crippen molar-refractivity contribution in [1.29, 1.82) is 0 Å². The molecule has 4 nitrogen and oxygen atoms in total. The van der Waals surface area contributed by atoms with E-state index in [0.29, 0.717) is 6.04 Å². The van der Waals surface area contributed by atoms with Crippen LogP contribution in [-0.4, -0.2) is 27.2 Å². The van der Waals surface area contributed by atoms with Crippen LogP contribution in [0, 0.1) is 0 Å². The average molecular weight is 307 g/mol. The van der Waals surface area contributed by atoms with Gasteiger partial charge in [-0.25, -0.2) is 4.98 Å². The lowest BCUT2D eigenvalue weighted by atomic mass is 9.93. The minimum atomic E-state index is -0.143. The second-order valence-electron chi connectivity index (χ2n) is 3.99. The zero-order valence-electron chi connectivity index (χ0n) is 8.66. The topological polar surface area (TPSA) is 58.0 Å². The van der Waals surface area contributed by atoms with Crippen LogP contribution in [0.1, 0.15) is 25.7 Å². The van der Waals surface area contributed by atoms with Crippen LogP contribution in [0.2, 0.25) is 5.28 Å². The van der Waals surface area contributed by atoms with E-state index in [1.165, 1.54) is 0 Å². The molecule has 16 heavy (non-hydrogen) atoms. The molecule has 1 saturated carbocycles. The number of rotatable bonds is 2. The summed E-state index contributed by atoms with van der Waals surface area (Å²) in [5, 5.41) is 13.0. The van der Waals surface area contributed by atoms with Gasteiger partial charge < -0.3 is 10.4 Å². The summed E-state index contributed by atoms with van der Waals surface area (Å²) in [6, 6.07) is 0.352. The van der Waals surface area contributed by atoms with Gasteiger partial charge >= 0.3 is 0 Å². The summed E-state index contributed by atoms with van der Waals surface area (Å²) in [6.07, 6.45) is 5.08. The number of nitrogens with one attached hydrogen (secondary N) is 1. The highest BCUT2D eigenvalue weighted by Crippen LogP contribution is 2.25. The summed E-state index contributed by atoms with van der Waals surface area (Å²) < 4.78 is 0.808. The Kier molecular flexibility index (Phi) is 4.00. The van der Waals surface area contributed by atoms with E-state index < -0.39 is 0 Å². The van der Waals surface area contributed by atoms with Crippen molar-refractivity contribution in [3.8, 4) is 0 Å². The van der Waals surface area contributed by atoms with Crippen molar-refractivity contribution < 1.29 is 5.11 Å². The first-order chi connectivity index (χ1) is 7.65. The van der Waals surface area contributed by atoms with Crippen LogP contribution in [0.4, 0.5) is 5.82 Å². The highest BCUT2D eigenvalue weighted by molar-refractivity contribution is 9.10. The summed E-state index contributed by atoms with van der Waals surface area (Å²) in [4.78, 5) is 7.99. The van der Waals surface area contributed by atoms with Crippen LogP contribution in [-0.2, 0) is 0 Å². The molecule has 0 unspecified atom stereocenters. The number of aliphatic hydroxyl groups is 1. The van der Waals surface area contributed by atoms with Gasteiger partial charge in [-0.1, -0.05) is 0 Å². The number of hydrogen-bond acceptors (Lipinski definition) is 4. The first kappa shape index (κ1) is 12.1. The van der Waals surface area contributed by atoms with E-state index in [2.05, 4.69) is 31.2 Å². The van der Waals surface area contributed by atoms with Gasteiger partial charge in [0, 0.05) is 12.2 Å². The lowest BCUT2D eigenvalue weighted by Crippen LogP contribution is -2.28. The standard InChI is InChI=1S/C10H13BrClN3O/c11-8-5-13-10(12)15-9(8)14-6-1-3-7(16)4-2-6/h5-7,16H,1-4H2,(H,13,14,15). The molecular formula is C10H13BrClN3O. The quantitative estimate of drug-likeness (QED) is 0.825. The lowest BCUT2D eigenvalue weighted by molar-refractivity contribution is 0.126. The van der Waals surface area contributed by atoms with Crippen molar-refractivity contribution in [2.45, 2.75) is 37.8 Å². The Balaban J connectivity index is 2.00. The molecule has 0 aliphatic heterocycles. The van der Waals surface area contributed by atoms with Crippen molar-refractivity contribution in [3.05, 3.63) is 16.0 Å². The zero-order chi connectivity index (χ0) is 11.5. The molecule has 2 N–H and O–H groups in total. The summed E-state index contributed by atoms with van der Waals surface area (Å²) in [5.74, 6) is 0.724.